The maximum atomic E-state index is 13.3. The van der Waals surface area contributed by atoms with Gasteiger partial charge in [0.1, 0.15) is 18.9 Å². The highest BCUT2D eigenvalue weighted by atomic mass is 31.2. The first-order chi connectivity index (χ1) is 17.7. The van der Waals surface area contributed by atoms with E-state index < -0.39 is 49.4 Å². The second-order valence-corrected chi connectivity index (χ2v) is 10.0. The number of aromatic amines is 1. The van der Waals surface area contributed by atoms with Crippen molar-refractivity contribution in [3.8, 4) is 0 Å². The van der Waals surface area contributed by atoms with E-state index in [-0.39, 0.29) is 26.2 Å². The van der Waals surface area contributed by atoms with Crippen molar-refractivity contribution in [2.75, 3.05) is 13.2 Å². The van der Waals surface area contributed by atoms with Gasteiger partial charge in [0.2, 0.25) is 0 Å². The Morgan fingerprint density at radius 2 is 2.08 bits per heavy atom. The topological polar surface area (TPSA) is 187 Å². The van der Waals surface area contributed by atoms with E-state index in [1.807, 2.05) is 18.2 Å². The molecule has 2 aromatic rings. The SMILES string of the molecule is CCOP(=O)(N[C@@H](C)C(=O)OCc1ccccc1)OC[C@H]1O[C@@H](n2cc(C)c(=O)[nH]c2=O)C[C@@H]1N=[N+]=[N-]. The molecule has 0 bridgehead atoms. The highest BCUT2D eigenvalue weighted by molar-refractivity contribution is 7.51. The van der Waals surface area contributed by atoms with Crippen LogP contribution in [0.1, 0.15) is 37.6 Å². The maximum Gasteiger partial charge on any atom is 0.406 e. The third-order valence-corrected chi connectivity index (χ3v) is 7.29. The molecule has 1 unspecified atom stereocenters. The molecule has 3 rings (SSSR count). The predicted octanol–water partition coefficient (Wildman–Crippen LogP) is 2.69. The molecule has 1 aliphatic rings. The van der Waals surface area contributed by atoms with E-state index in [0.29, 0.717) is 5.56 Å². The molecule has 14 nitrogen and oxygen atoms in total. The van der Waals surface area contributed by atoms with Gasteiger partial charge in [-0.25, -0.2) is 14.4 Å². The number of hydrogen-bond acceptors (Lipinski definition) is 9. The summed E-state index contributed by atoms with van der Waals surface area (Å²) in [4.78, 5) is 41.4. The fraction of sp³-hybridized carbons (Fsp3) is 0.500. The fourth-order valence-corrected chi connectivity index (χ4v) is 5.11. The van der Waals surface area contributed by atoms with Crippen LogP contribution >= 0.6 is 7.75 Å². The van der Waals surface area contributed by atoms with Gasteiger partial charge >= 0.3 is 19.4 Å². The van der Waals surface area contributed by atoms with Gasteiger partial charge in [0.25, 0.3) is 5.56 Å². The van der Waals surface area contributed by atoms with E-state index >= 15 is 0 Å². The van der Waals surface area contributed by atoms with Gasteiger partial charge in [0.05, 0.1) is 25.4 Å². The van der Waals surface area contributed by atoms with Gasteiger partial charge in [-0.05, 0) is 31.9 Å². The number of hydrogen-bond donors (Lipinski definition) is 2. The minimum Gasteiger partial charge on any atom is -0.460 e. The Kier molecular flexibility index (Phi) is 9.81. The van der Waals surface area contributed by atoms with Gasteiger partial charge in [0.15, 0.2) is 0 Å². The summed E-state index contributed by atoms with van der Waals surface area (Å²) in [6.07, 6.45) is -0.301. The Morgan fingerprint density at radius 1 is 1.35 bits per heavy atom. The van der Waals surface area contributed by atoms with Crippen LogP contribution < -0.4 is 16.3 Å². The summed E-state index contributed by atoms with van der Waals surface area (Å²) in [5.74, 6) is -0.663. The van der Waals surface area contributed by atoms with Crippen LogP contribution in [0.5, 0.6) is 0 Å². The number of ether oxygens (including phenoxy) is 2. The van der Waals surface area contributed by atoms with Crippen molar-refractivity contribution < 1.29 is 27.9 Å². The zero-order valence-corrected chi connectivity index (χ0v) is 21.5. The van der Waals surface area contributed by atoms with Crippen molar-refractivity contribution in [1.29, 1.82) is 0 Å². The Balaban J connectivity index is 1.65. The van der Waals surface area contributed by atoms with E-state index in [2.05, 4.69) is 20.1 Å². The number of benzene rings is 1. The maximum absolute atomic E-state index is 13.3. The summed E-state index contributed by atoms with van der Waals surface area (Å²) in [5, 5.41) is 6.25. The number of nitrogens with one attached hydrogen (secondary N) is 2. The zero-order valence-electron chi connectivity index (χ0n) is 20.6. The average Bonchev–Trinajstić information content (AvgIpc) is 3.27. The standard InChI is InChI=1S/C22H29N6O8P/c1-4-34-37(32,26-15(3)21(30)33-12-16-8-6-5-7-9-16)35-13-18-17(25-27-23)10-19(36-18)28-11-14(2)20(29)24-22(28)31/h5-9,11,15,17-19H,4,10,12-13H2,1-3H3,(H,26,32)(H,24,29,31)/t15-,17-,18+,19+,37?/m0/s1. The second kappa shape index (κ2) is 12.8. The van der Waals surface area contributed by atoms with Crippen LogP contribution in [0, 0.1) is 6.92 Å². The highest BCUT2D eigenvalue weighted by Gasteiger charge is 2.39. The number of aromatic nitrogens is 2. The molecule has 2 N–H and O–H groups in total. The molecule has 0 aliphatic carbocycles. The number of carbonyl (C=O) groups is 1. The Hall–Kier alpha value is -3.25. The van der Waals surface area contributed by atoms with Gasteiger partial charge in [-0.2, -0.15) is 0 Å². The number of aryl methyl sites for hydroxylation is 1. The Labute approximate surface area is 212 Å². The van der Waals surface area contributed by atoms with E-state index in [0.717, 1.165) is 5.56 Å². The molecule has 15 heteroatoms. The van der Waals surface area contributed by atoms with Crippen molar-refractivity contribution in [2.45, 2.75) is 58.2 Å². The molecule has 0 spiro atoms. The van der Waals surface area contributed by atoms with Crippen LogP contribution in [0.15, 0.2) is 51.2 Å². The van der Waals surface area contributed by atoms with Crippen LogP contribution in [0.4, 0.5) is 0 Å². The van der Waals surface area contributed by atoms with Gasteiger partial charge in [-0.1, -0.05) is 35.4 Å². The molecule has 0 saturated carbocycles. The lowest BCUT2D eigenvalue weighted by atomic mass is 10.1. The molecule has 200 valence electrons. The first-order valence-corrected chi connectivity index (χ1v) is 13.1. The largest absolute Gasteiger partial charge is 0.460 e. The normalized spacial score (nSPS) is 21.5. The van der Waals surface area contributed by atoms with Crippen molar-refractivity contribution >= 4 is 13.7 Å². The average molecular weight is 536 g/mol. The van der Waals surface area contributed by atoms with Crippen LogP contribution in [0.3, 0.4) is 0 Å². The third kappa shape index (κ3) is 7.62. The molecular weight excluding hydrogens is 507 g/mol. The summed E-state index contributed by atoms with van der Waals surface area (Å²) in [6.45, 7) is 4.30. The summed E-state index contributed by atoms with van der Waals surface area (Å²) >= 11 is 0. The molecule has 1 fully saturated rings. The quantitative estimate of drug-likeness (QED) is 0.135. The molecule has 37 heavy (non-hydrogen) atoms. The van der Waals surface area contributed by atoms with E-state index in [1.165, 1.54) is 24.6 Å². The van der Waals surface area contributed by atoms with Gasteiger partial charge in [0, 0.05) is 23.1 Å². The molecule has 2 heterocycles. The van der Waals surface area contributed by atoms with Crippen molar-refractivity contribution in [3.05, 3.63) is 78.9 Å². The minimum atomic E-state index is -4.02. The van der Waals surface area contributed by atoms with Crippen LogP contribution in [-0.2, 0) is 34.5 Å². The first kappa shape index (κ1) is 28.3. The van der Waals surface area contributed by atoms with E-state index in [1.54, 1.807) is 19.1 Å². The lowest BCUT2D eigenvalue weighted by Gasteiger charge is -2.24. The molecule has 5 atom stereocenters. The third-order valence-electron chi connectivity index (χ3n) is 5.50. The van der Waals surface area contributed by atoms with Crippen molar-refractivity contribution in [2.24, 2.45) is 5.11 Å². The summed E-state index contributed by atoms with van der Waals surface area (Å²) in [5.41, 5.74) is 8.84. The number of azide groups is 1. The molecule has 1 aliphatic heterocycles. The molecule has 1 saturated heterocycles. The molecular formula is C22H29N6O8P. The predicted molar refractivity (Wildman–Crippen MR) is 132 cm³/mol. The zero-order chi connectivity index (χ0) is 27.0. The number of H-pyrrole nitrogens is 1. The van der Waals surface area contributed by atoms with E-state index in [4.69, 9.17) is 24.1 Å². The molecule has 1 aromatic heterocycles. The molecule has 0 amide bonds. The smallest absolute Gasteiger partial charge is 0.406 e. The van der Waals surface area contributed by atoms with E-state index in [9.17, 15) is 18.9 Å². The monoisotopic (exact) mass is 536 g/mol. The number of esters is 1. The lowest BCUT2D eigenvalue weighted by Crippen LogP contribution is -2.35. The van der Waals surface area contributed by atoms with Crippen molar-refractivity contribution in [3.63, 3.8) is 0 Å². The second-order valence-electron chi connectivity index (χ2n) is 8.27. The van der Waals surface area contributed by atoms with Gasteiger partial charge < -0.3 is 9.47 Å². The van der Waals surface area contributed by atoms with Crippen LogP contribution in [-0.4, -0.2) is 46.9 Å². The highest BCUT2D eigenvalue weighted by Crippen LogP contribution is 2.45. The lowest BCUT2D eigenvalue weighted by molar-refractivity contribution is -0.146. The van der Waals surface area contributed by atoms with Gasteiger partial charge in [-0.3, -0.25) is 28.2 Å². The number of nitrogens with zero attached hydrogens (tertiary/aromatic N) is 4. The minimum absolute atomic E-state index is 0.00996. The number of rotatable bonds is 12. The summed E-state index contributed by atoms with van der Waals surface area (Å²) < 4.78 is 36.4. The van der Waals surface area contributed by atoms with Crippen LogP contribution in [0.25, 0.3) is 10.4 Å². The molecule has 1 aromatic carbocycles. The Bertz CT molecular complexity index is 1290. The molecule has 0 radical (unpaired) electrons. The Morgan fingerprint density at radius 3 is 2.76 bits per heavy atom. The number of carbonyl (C=O) groups excluding carboxylic acids is 1. The summed E-state index contributed by atoms with van der Waals surface area (Å²) in [6, 6.07) is 7.28. The van der Waals surface area contributed by atoms with Gasteiger partial charge in [-0.15, -0.1) is 0 Å². The van der Waals surface area contributed by atoms with Crippen LogP contribution in [0.2, 0.25) is 0 Å². The first-order valence-electron chi connectivity index (χ1n) is 11.5. The summed E-state index contributed by atoms with van der Waals surface area (Å²) in [7, 11) is -4.02. The van der Waals surface area contributed by atoms with Crippen molar-refractivity contribution in [1.82, 2.24) is 14.6 Å². The fourth-order valence-electron chi connectivity index (χ4n) is 3.62.